The summed E-state index contributed by atoms with van der Waals surface area (Å²) in [5.74, 6) is -0.0783. The topological polar surface area (TPSA) is 56.0 Å². The fraction of sp³-hybridized carbons (Fsp3) is 0.241. The highest BCUT2D eigenvalue weighted by molar-refractivity contribution is 7.98. The molecule has 0 saturated carbocycles. The van der Waals surface area contributed by atoms with E-state index in [1.807, 2.05) is 63.7 Å². The Kier molecular flexibility index (Phi) is 7.30. The smallest absolute Gasteiger partial charge is 0.296 e. The lowest BCUT2D eigenvalue weighted by Crippen LogP contribution is -2.30. The van der Waals surface area contributed by atoms with Crippen molar-refractivity contribution in [3.63, 3.8) is 0 Å². The van der Waals surface area contributed by atoms with Gasteiger partial charge >= 0.3 is 5.69 Å². The molecule has 3 aromatic carbocycles. The summed E-state index contributed by atoms with van der Waals surface area (Å²) in [5, 5.41) is 3.39. The molecular weight excluding hydrogens is 486 g/mol. The Morgan fingerprint density at radius 3 is 2.53 bits per heavy atom. The number of rotatable bonds is 9. The lowest BCUT2D eigenvalue weighted by Gasteiger charge is -2.18. The number of thiophene rings is 1. The highest BCUT2D eigenvalue weighted by atomic mass is 32.2. The number of nitrogens with zero attached hydrogens (tertiary/aromatic N) is 2. The largest absolute Gasteiger partial charge is 0.329 e. The number of benzene rings is 3. The first kappa shape index (κ1) is 24.4. The first-order valence-electron chi connectivity index (χ1n) is 12.2. The fourth-order valence-electron chi connectivity index (χ4n) is 4.88. The SMILES string of the molecule is CCCC(CC(=O)NSc1ccccc1)n1c(=O)n(Cc2csc3cccc(C)c23)c2ccccc21. The predicted octanol–water partition coefficient (Wildman–Crippen LogP) is 6.93. The Hall–Kier alpha value is -3.29. The van der Waals surface area contributed by atoms with Gasteiger partial charge in [0.1, 0.15) is 0 Å². The van der Waals surface area contributed by atoms with Gasteiger partial charge in [0.25, 0.3) is 0 Å². The number of aromatic nitrogens is 2. The van der Waals surface area contributed by atoms with Crippen molar-refractivity contribution in [3.05, 3.63) is 99.8 Å². The summed E-state index contributed by atoms with van der Waals surface area (Å²) in [7, 11) is 0. The minimum Gasteiger partial charge on any atom is -0.296 e. The van der Waals surface area contributed by atoms with Crippen molar-refractivity contribution in [2.75, 3.05) is 0 Å². The summed E-state index contributed by atoms with van der Waals surface area (Å²) in [4.78, 5) is 27.8. The summed E-state index contributed by atoms with van der Waals surface area (Å²) in [5.41, 5.74) is 4.08. The first-order valence-corrected chi connectivity index (χ1v) is 13.9. The molecule has 0 aliphatic rings. The van der Waals surface area contributed by atoms with Crippen LogP contribution in [0.15, 0.2) is 87.9 Å². The molecule has 0 aliphatic heterocycles. The molecule has 36 heavy (non-hydrogen) atoms. The Morgan fingerprint density at radius 1 is 1.00 bits per heavy atom. The predicted molar refractivity (Wildman–Crippen MR) is 151 cm³/mol. The van der Waals surface area contributed by atoms with E-state index in [1.54, 1.807) is 11.3 Å². The molecule has 5 rings (SSSR count). The van der Waals surface area contributed by atoms with E-state index in [4.69, 9.17) is 0 Å². The second-order valence-electron chi connectivity index (χ2n) is 9.02. The van der Waals surface area contributed by atoms with Gasteiger partial charge in [-0.05, 0) is 72.1 Å². The standard InChI is InChI=1S/C29H29N3O2S2/c1-3-10-22(17-27(33)30-36-23-12-5-4-6-13-23)32-25-15-8-7-14-24(25)31(29(32)34)18-21-19-35-26-16-9-11-20(2)28(21)26/h4-9,11-16,19,22H,3,10,17-18H2,1-2H3,(H,30,33). The van der Waals surface area contributed by atoms with E-state index in [1.165, 1.54) is 27.6 Å². The van der Waals surface area contributed by atoms with Gasteiger partial charge in [0.05, 0.1) is 17.6 Å². The Balaban J connectivity index is 1.48. The molecule has 1 unspecified atom stereocenters. The van der Waals surface area contributed by atoms with Gasteiger partial charge in [0.2, 0.25) is 5.91 Å². The number of aryl methyl sites for hydroxylation is 1. The average molecular weight is 516 g/mol. The molecular formula is C29H29N3O2S2. The number of amides is 1. The van der Waals surface area contributed by atoms with E-state index < -0.39 is 0 Å². The van der Waals surface area contributed by atoms with Gasteiger partial charge in [-0.25, -0.2) is 4.79 Å². The molecule has 0 fully saturated rings. The molecule has 184 valence electrons. The van der Waals surface area contributed by atoms with Crippen molar-refractivity contribution in [1.82, 2.24) is 13.9 Å². The lowest BCUT2D eigenvalue weighted by atomic mass is 10.1. The van der Waals surface area contributed by atoms with Crippen LogP contribution in [0.1, 0.15) is 43.4 Å². The van der Waals surface area contributed by atoms with Crippen molar-refractivity contribution in [2.45, 2.75) is 50.6 Å². The molecule has 5 nitrogen and oxygen atoms in total. The number of para-hydroxylation sites is 2. The van der Waals surface area contributed by atoms with Crippen molar-refractivity contribution in [1.29, 1.82) is 0 Å². The lowest BCUT2D eigenvalue weighted by molar-refractivity contribution is -0.120. The van der Waals surface area contributed by atoms with Gasteiger partial charge < -0.3 is 0 Å². The van der Waals surface area contributed by atoms with Crippen LogP contribution < -0.4 is 10.4 Å². The third-order valence-corrected chi connectivity index (χ3v) is 8.35. The Labute approximate surface area is 218 Å². The number of hydrogen-bond donors (Lipinski definition) is 1. The summed E-state index contributed by atoms with van der Waals surface area (Å²) in [6.07, 6.45) is 1.88. The molecule has 7 heteroatoms. The molecule has 5 aromatic rings. The maximum atomic E-state index is 13.9. The average Bonchev–Trinajstić information content (AvgIpc) is 3.43. The van der Waals surface area contributed by atoms with Crippen LogP contribution in [0.25, 0.3) is 21.1 Å². The van der Waals surface area contributed by atoms with E-state index in [9.17, 15) is 9.59 Å². The number of nitrogens with one attached hydrogen (secondary N) is 1. The van der Waals surface area contributed by atoms with Crippen LogP contribution in [0.4, 0.5) is 0 Å². The fourth-order valence-corrected chi connectivity index (χ4v) is 6.52. The number of imidazole rings is 1. The van der Waals surface area contributed by atoms with Crippen molar-refractivity contribution >= 4 is 50.3 Å². The molecule has 0 bridgehead atoms. The number of fused-ring (bicyclic) bond motifs is 2. The Morgan fingerprint density at radius 2 is 1.75 bits per heavy atom. The number of hydrogen-bond acceptors (Lipinski definition) is 4. The van der Waals surface area contributed by atoms with Crippen LogP contribution in [0, 0.1) is 6.92 Å². The molecule has 0 aliphatic carbocycles. The zero-order valence-corrected chi connectivity index (χ0v) is 22.1. The molecule has 1 N–H and O–H groups in total. The minimum atomic E-state index is -0.217. The van der Waals surface area contributed by atoms with Crippen molar-refractivity contribution < 1.29 is 4.79 Å². The molecule has 2 heterocycles. The van der Waals surface area contributed by atoms with E-state index >= 15 is 0 Å². The highest BCUT2D eigenvalue weighted by Gasteiger charge is 2.23. The quantitative estimate of drug-likeness (QED) is 0.217. The molecule has 1 atom stereocenters. The minimum absolute atomic E-state index is 0.0638. The third kappa shape index (κ3) is 4.86. The summed E-state index contributed by atoms with van der Waals surface area (Å²) in [6, 6.07) is 23.8. The van der Waals surface area contributed by atoms with E-state index in [-0.39, 0.29) is 24.1 Å². The summed E-state index contributed by atoms with van der Waals surface area (Å²) in [6.45, 7) is 4.72. The second-order valence-corrected chi connectivity index (χ2v) is 10.8. The first-order chi connectivity index (χ1) is 17.6. The number of carbonyl (C=O) groups is 1. The summed E-state index contributed by atoms with van der Waals surface area (Å²) < 4.78 is 7.89. The van der Waals surface area contributed by atoms with Crippen LogP contribution in [0.3, 0.4) is 0 Å². The van der Waals surface area contributed by atoms with Crippen LogP contribution in [-0.4, -0.2) is 15.0 Å². The van der Waals surface area contributed by atoms with Gasteiger partial charge in [-0.2, -0.15) is 0 Å². The molecule has 0 radical (unpaired) electrons. The van der Waals surface area contributed by atoms with Gasteiger partial charge in [0, 0.05) is 27.4 Å². The Bertz CT molecular complexity index is 1570. The van der Waals surface area contributed by atoms with Gasteiger partial charge in [-0.1, -0.05) is 55.8 Å². The normalized spacial score (nSPS) is 12.3. The van der Waals surface area contributed by atoms with Crippen LogP contribution in [0.5, 0.6) is 0 Å². The third-order valence-electron chi connectivity index (χ3n) is 6.52. The summed E-state index contributed by atoms with van der Waals surface area (Å²) >= 11 is 3.03. The van der Waals surface area contributed by atoms with Gasteiger partial charge in [-0.3, -0.25) is 18.7 Å². The van der Waals surface area contributed by atoms with Crippen molar-refractivity contribution in [3.8, 4) is 0 Å². The van der Waals surface area contributed by atoms with Gasteiger partial charge in [0.15, 0.2) is 0 Å². The molecule has 0 spiro atoms. The maximum Gasteiger partial charge on any atom is 0.329 e. The molecule has 2 aromatic heterocycles. The zero-order chi connectivity index (χ0) is 25.1. The molecule has 1 amide bonds. The number of carbonyl (C=O) groups excluding carboxylic acids is 1. The monoisotopic (exact) mass is 515 g/mol. The van der Waals surface area contributed by atoms with Crippen molar-refractivity contribution in [2.24, 2.45) is 0 Å². The second kappa shape index (κ2) is 10.8. The van der Waals surface area contributed by atoms with Crippen LogP contribution >= 0.6 is 23.3 Å². The van der Waals surface area contributed by atoms with Gasteiger partial charge in [-0.15, -0.1) is 11.3 Å². The maximum absolute atomic E-state index is 13.9. The van der Waals surface area contributed by atoms with E-state index in [0.717, 1.165) is 34.3 Å². The van der Waals surface area contributed by atoms with E-state index in [0.29, 0.717) is 6.54 Å². The van der Waals surface area contributed by atoms with Crippen LogP contribution in [-0.2, 0) is 11.3 Å². The molecule has 0 saturated heterocycles. The highest BCUT2D eigenvalue weighted by Crippen LogP contribution is 2.30. The van der Waals surface area contributed by atoms with E-state index in [2.05, 4.69) is 42.1 Å². The zero-order valence-electron chi connectivity index (χ0n) is 20.4. The van der Waals surface area contributed by atoms with Crippen LogP contribution in [0.2, 0.25) is 0 Å².